The molecule has 1 rings (SSSR count). The van der Waals surface area contributed by atoms with Gasteiger partial charge in [0.25, 0.3) is 5.91 Å². The van der Waals surface area contributed by atoms with E-state index in [2.05, 4.69) is 0 Å². The van der Waals surface area contributed by atoms with Gasteiger partial charge in [0.1, 0.15) is 5.82 Å². The van der Waals surface area contributed by atoms with Gasteiger partial charge in [0, 0.05) is 18.2 Å². The fourth-order valence-electron chi connectivity index (χ4n) is 1.80. The average Bonchev–Trinajstić information content (AvgIpc) is 2.31. The molecule has 0 saturated heterocycles. The first-order valence-corrected chi connectivity index (χ1v) is 6.12. The molecule has 0 aromatic heterocycles. The number of carboxylic acids is 1. The van der Waals surface area contributed by atoms with Crippen LogP contribution in [0, 0.1) is 12.7 Å². The SMILES string of the molecule is Cc1c(F)cccc1C(=O)N(CCC(=O)O)C(C)C. The van der Waals surface area contributed by atoms with Crippen molar-refractivity contribution < 1.29 is 19.1 Å². The fraction of sp³-hybridized carbons (Fsp3) is 0.429. The van der Waals surface area contributed by atoms with Crippen LogP contribution in [0.4, 0.5) is 4.39 Å². The summed E-state index contributed by atoms with van der Waals surface area (Å²) < 4.78 is 13.5. The minimum absolute atomic E-state index is 0.113. The molecule has 1 aromatic rings. The zero-order valence-corrected chi connectivity index (χ0v) is 11.3. The standard InChI is InChI=1S/C14H18FNO3/c1-9(2)16(8-7-13(17)18)14(19)11-5-4-6-12(15)10(11)3/h4-6,9H,7-8H2,1-3H3,(H,17,18). The number of carbonyl (C=O) groups excluding carboxylic acids is 1. The number of nitrogens with zero attached hydrogens (tertiary/aromatic N) is 1. The second-order valence-electron chi connectivity index (χ2n) is 4.65. The molecule has 0 unspecified atom stereocenters. The largest absolute Gasteiger partial charge is 0.481 e. The highest BCUT2D eigenvalue weighted by atomic mass is 19.1. The van der Waals surface area contributed by atoms with Crippen LogP contribution in [0.5, 0.6) is 0 Å². The number of carbonyl (C=O) groups is 2. The van der Waals surface area contributed by atoms with Gasteiger partial charge in [0.15, 0.2) is 0 Å². The molecule has 5 heteroatoms. The lowest BCUT2D eigenvalue weighted by atomic mass is 10.1. The maximum absolute atomic E-state index is 13.5. The molecule has 0 radical (unpaired) electrons. The Morgan fingerprint density at radius 2 is 2.00 bits per heavy atom. The van der Waals surface area contributed by atoms with Crippen molar-refractivity contribution in [2.45, 2.75) is 33.2 Å². The van der Waals surface area contributed by atoms with E-state index in [4.69, 9.17) is 5.11 Å². The minimum Gasteiger partial charge on any atom is -0.481 e. The van der Waals surface area contributed by atoms with Crippen LogP contribution in [0.15, 0.2) is 18.2 Å². The van der Waals surface area contributed by atoms with Gasteiger partial charge in [-0.25, -0.2) is 4.39 Å². The average molecular weight is 267 g/mol. The normalized spacial score (nSPS) is 10.6. The third kappa shape index (κ3) is 3.77. The van der Waals surface area contributed by atoms with E-state index < -0.39 is 11.8 Å². The number of hydrogen-bond acceptors (Lipinski definition) is 2. The summed E-state index contributed by atoms with van der Waals surface area (Å²) in [7, 11) is 0. The molecule has 0 bridgehead atoms. The van der Waals surface area contributed by atoms with Crippen molar-refractivity contribution >= 4 is 11.9 Å². The van der Waals surface area contributed by atoms with Crippen LogP contribution in [-0.4, -0.2) is 34.5 Å². The Morgan fingerprint density at radius 1 is 1.37 bits per heavy atom. The molecule has 0 saturated carbocycles. The first kappa shape index (κ1) is 15.1. The fourth-order valence-corrected chi connectivity index (χ4v) is 1.80. The predicted octanol–water partition coefficient (Wildman–Crippen LogP) is 2.46. The molecule has 1 aromatic carbocycles. The van der Waals surface area contributed by atoms with E-state index in [1.54, 1.807) is 19.9 Å². The number of amides is 1. The topological polar surface area (TPSA) is 57.6 Å². The van der Waals surface area contributed by atoms with Gasteiger partial charge in [-0.1, -0.05) is 6.07 Å². The quantitative estimate of drug-likeness (QED) is 0.891. The Balaban J connectivity index is 2.99. The zero-order chi connectivity index (χ0) is 14.6. The number of rotatable bonds is 5. The van der Waals surface area contributed by atoms with Crippen molar-refractivity contribution in [3.05, 3.63) is 35.1 Å². The smallest absolute Gasteiger partial charge is 0.305 e. The molecule has 0 atom stereocenters. The lowest BCUT2D eigenvalue weighted by molar-refractivity contribution is -0.137. The van der Waals surface area contributed by atoms with E-state index in [0.717, 1.165) is 0 Å². The zero-order valence-electron chi connectivity index (χ0n) is 11.3. The molecule has 0 aliphatic rings. The Morgan fingerprint density at radius 3 is 2.53 bits per heavy atom. The molecule has 0 fully saturated rings. The molecule has 1 N–H and O–H groups in total. The van der Waals surface area contributed by atoms with Crippen molar-refractivity contribution in [2.75, 3.05) is 6.54 Å². The van der Waals surface area contributed by atoms with Gasteiger partial charge in [0.05, 0.1) is 6.42 Å². The summed E-state index contributed by atoms with van der Waals surface area (Å²) in [6.07, 6.45) is -0.127. The van der Waals surface area contributed by atoms with E-state index in [1.165, 1.54) is 24.0 Å². The van der Waals surface area contributed by atoms with Gasteiger partial charge < -0.3 is 10.0 Å². The first-order valence-electron chi connectivity index (χ1n) is 6.12. The first-order chi connectivity index (χ1) is 8.84. The number of hydrogen-bond donors (Lipinski definition) is 1. The predicted molar refractivity (Wildman–Crippen MR) is 69.6 cm³/mol. The maximum Gasteiger partial charge on any atom is 0.305 e. The summed E-state index contributed by atoms with van der Waals surface area (Å²) in [6, 6.07) is 4.18. The third-order valence-corrected chi connectivity index (χ3v) is 2.95. The summed E-state index contributed by atoms with van der Waals surface area (Å²) in [4.78, 5) is 24.4. The van der Waals surface area contributed by atoms with Gasteiger partial charge in [-0.15, -0.1) is 0 Å². The van der Waals surface area contributed by atoms with Crippen molar-refractivity contribution in [1.29, 1.82) is 0 Å². The van der Waals surface area contributed by atoms with Crippen molar-refractivity contribution in [3.8, 4) is 0 Å². The van der Waals surface area contributed by atoms with Crippen molar-refractivity contribution in [3.63, 3.8) is 0 Å². The summed E-state index contributed by atoms with van der Waals surface area (Å²) in [5.41, 5.74) is 0.563. The van der Waals surface area contributed by atoms with Crippen LogP contribution in [0.2, 0.25) is 0 Å². The number of halogens is 1. The van der Waals surface area contributed by atoms with Crippen LogP contribution in [-0.2, 0) is 4.79 Å². The van der Waals surface area contributed by atoms with Crippen LogP contribution in [0.3, 0.4) is 0 Å². The van der Waals surface area contributed by atoms with E-state index >= 15 is 0 Å². The Hall–Kier alpha value is -1.91. The van der Waals surface area contributed by atoms with E-state index in [1.807, 2.05) is 0 Å². The lowest BCUT2D eigenvalue weighted by Crippen LogP contribution is -2.38. The van der Waals surface area contributed by atoms with Gasteiger partial charge in [0.2, 0.25) is 0 Å². The minimum atomic E-state index is -0.964. The van der Waals surface area contributed by atoms with Crippen LogP contribution >= 0.6 is 0 Å². The van der Waals surface area contributed by atoms with Crippen LogP contribution in [0.1, 0.15) is 36.2 Å². The van der Waals surface area contributed by atoms with Crippen LogP contribution < -0.4 is 0 Å². The molecule has 0 spiro atoms. The lowest BCUT2D eigenvalue weighted by Gasteiger charge is -2.27. The number of benzene rings is 1. The highest BCUT2D eigenvalue weighted by Gasteiger charge is 2.21. The number of aliphatic carboxylic acids is 1. The molecular formula is C14H18FNO3. The van der Waals surface area contributed by atoms with Gasteiger partial charge >= 0.3 is 5.97 Å². The van der Waals surface area contributed by atoms with E-state index in [0.29, 0.717) is 0 Å². The molecule has 19 heavy (non-hydrogen) atoms. The van der Waals surface area contributed by atoms with Gasteiger partial charge in [-0.3, -0.25) is 9.59 Å². The van der Waals surface area contributed by atoms with Gasteiger partial charge in [-0.05, 0) is 38.5 Å². The molecular weight excluding hydrogens is 249 g/mol. The Bertz CT molecular complexity index is 486. The van der Waals surface area contributed by atoms with Crippen molar-refractivity contribution in [2.24, 2.45) is 0 Å². The molecule has 1 amide bonds. The van der Waals surface area contributed by atoms with E-state index in [-0.39, 0.29) is 36.0 Å². The number of carboxylic acid groups (broad SMARTS) is 1. The molecule has 0 aliphatic heterocycles. The monoisotopic (exact) mass is 267 g/mol. The Labute approximate surface area is 111 Å². The third-order valence-electron chi connectivity index (χ3n) is 2.95. The Kier molecular flexibility index (Phi) is 5.03. The summed E-state index contributed by atoms with van der Waals surface area (Å²) in [6.45, 7) is 5.25. The summed E-state index contributed by atoms with van der Waals surface area (Å²) >= 11 is 0. The molecule has 0 aliphatic carbocycles. The van der Waals surface area contributed by atoms with E-state index in [9.17, 15) is 14.0 Å². The van der Waals surface area contributed by atoms with Crippen LogP contribution in [0.25, 0.3) is 0 Å². The van der Waals surface area contributed by atoms with Crippen molar-refractivity contribution in [1.82, 2.24) is 4.90 Å². The highest BCUT2D eigenvalue weighted by molar-refractivity contribution is 5.96. The highest BCUT2D eigenvalue weighted by Crippen LogP contribution is 2.16. The maximum atomic E-state index is 13.5. The summed E-state index contributed by atoms with van der Waals surface area (Å²) in [5.74, 6) is -1.74. The summed E-state index contributed by atoms with van der Waals surface area (Å²) in [5, 5.41) is 8.70. The second-order valence-corrected chi connectivity index (χ2v) is 4.65. The molecule has 0 heterocycles. The molecule has 104 valence electrons. The molecule has 4 nitrogen and oxygen atoms in total. The second kappa shape index (κ2) is 6.31. The van der Waals surface area contributed by atoms with Gasteiger partial charge in [-0.2, -0.15) is 0 Å².